The van der Waals surface area contributed by atoms with E-state index in [0.29, 0.717) is 0 Å². The van der Waals surface area contributed by atoms with Crippen molar-refractivity contribution < 1.29 is 50.2 Å². The van der Waals surface area contributed by atoms with Crippen molar-refractivity contribution in [3.05, 3.63) is 47.6 Å². The average Bonchev–Trinajstić information content (AvgIpc) is 2.81. The van der Waals surface area contributed by atoms with Crippen molar-refractivity contribution in [1.29, 1.82) is 0 Å². The molecule has 0 spiro atoms. The number of unbranched alkanes of at least 4 members (excludes halogenated alkanes) is 1. The highest BCUT2D eigenvalue weighted by molar-refractivity contribution is 14.1. The van der Waals surface area contributed by atoms with E-state index in [9.17, 15) is 36.2 Å². The summed E-state index contributed by atoms with van der Waals surface area (Å²) in [5.74, 6) is -3.80. The molecule has 0 radical (unpaired) electrons. The van der Waals surface area contributed by atoms with Crippen LogP contribution in [-0.4, -0.2) is 43.1 Å². The third kappa shape index (κ3) is 8.12. The Balaban J connectivity index is 2.02. The number of hydroxylamine groups is 1. The summed E-state index contributed by atoms with van der Waals surface area (Å²) in [7, 11) is -7.40. The topological polar surface area (TPSA) is 157 Å². The van der Waals surface area contributed by atoms with Gasteiger partial charge in [-0.2, -0.15) is 9.25 Å². The van der Waals surface area contributed by atoms with Gasteiger partial charge in [0.15, 0.2) is 15.6 Å². The van der Waals surface area contributed by atoms with E-state index in [1.807, 2.05) is 3.69 Å². The lowest BCUT2D eigenvalue weighted by molar-refractivity contribution is -0.131. The van der Waals surface area contributed by atoms with Crippen molar-refractivity contribution in [2.45, 2.75) is 37.4 Å². The van der Waals surface area contributed by atoms with E-state index in [2.05, 4.69) is 9.25 Å². The quantitative estimate of drug-likeness (QED) is 0.0926. The second kappa shape index (κ2) is 12.9. The molecule has 16 heteroatoms. The number of methoxy groups -OCH3 is 1. The number of allylic oxidation sites excluding steroid dienone is 4. The van der Waals surface area contributed by atoms with E-state index in [1.165, 1.54) is 42.1 Å². The highest BCUT2D eigenvalue weighted by atomic mass is 127. The number of nitrogens with one attached hydrogen (secondary N) is 2. The van der Waals surface area contributed by atoms with Gasteiger partial charge in [-0.25, -0.2) is 27.2 Å². The molecule has 11 nitrogen and oxygen atoms in total. The van der Waals surface area contributed by atoms with Crippen molar-refractivity contribution in [1.82, 2.24) is 9.17 Å². The number of halogens is 3. The van der Waals surface area contributed by atoms with Gasteiger partial charge in [0.25, 0.3) is 5.91 Å². The maximum Gasteiger partial charge on any atom is 0.511 e. The molecule has 1 aliphatic carbocycles. The standard InChI is InChI=1S/C21H26F2IN2O9PS/c1-21(37(3,31)32,20(28)25-34-36(29,30)35-26-24)9-5-4-6-13-10-17(22)16(12-19(13)27)15-8-7-14(33-2)11-18(15)23/h7-8,10-13,26H,4-6,9H2,1-3H3,(H,25,28)(H,29,30)/t13-,21?/m0/s1. The van der Waals surface area contributed by atoms with Crippen LogP contribution in [0.4, 0.5) is 8.78 Å². The number of carbonyl (C=O) groups is 2. The normalized spacial score (nSPS) is 19.3. The lowest BCUT2D eigenvalue weighted by Crippen LogP contribution is -2.49. The number of phosphoric acid groups is 1. The predicted octanol–water partition coefficient (Wildman–Crippen LogP) is 3.65. The molecule has 2 rings (SSSR count). The minimum absolute atomic E-state index is 0.0920. The summed E-state index contributed by atoms with van der Waals surface area (Å²) in [4.78, 5) is 34.4. The predicted molar refractivity (Wildman–Crippen MR) is 138 cm³/mol. The average molecular weight is 678 g/mol. The molecule has 1 amide bonds. The van der Waals surface area contributed by atoms with Crippen molar-refractivity contribution >= 4 is 57.8 Å². The fourth-order valence-corrected chi connectivity index (χ4v) is 5.47. The number of amides is 1. The maximum absolute atomic E-state index is 14.8. The smallest absolute Gasteiger partial charge is 0.497 e. The Bertz CT molecular complexity index is 1260. The number of sulfone groups is 1. The van der Waals surface area contributed by atoms with Gasteiger partial charge in [0.05, 0.1) is 7.11 Å². The Labute approximate surface area is 226 Å². The van der Waals surface area contributed by atoms with E-state index in [4.69, 9.17) is 4.74 Å². The number of carbonyl (C=O) groups excluding carboxylic acids is 2. The maximum atomic E-state index is 14.8. The minimum atomic E-state index is -4.73. The number of ether oxygens (including phenoxy) is 1. The lowest BCUT2D eigenvalue weighted by atomic mass is 9.87. The Morgan fingerprint density at radius 3 is 2.51 bits per heavy atom. The molecule has 0 saturated carbocycles. The molecule has 3 N–H and O–H groups in total. The summed E-state index contributed by atoms with van der Waals surface area (Å²) in [6.07, 6.45) is 3.20. The first kappa shape index (κ1) is 31.5. The van der Waals surface area contributed by atoms with Gasteiger partial charge in [-0.15, -0.1) is 3.69 Å². The van der Waals surface area contributed by atoms with Crippen LogP contribution in [0.1, 0.15) is 38.2 Å². The summed E-state index contributed by atoms with van der Waals surface area (Å²) in [5.41, 5.74) is 1.35. The zero-order valence-corrected chi connectivity index (χ0v) is 23.9. The van der Waals surface area contributed by atoms with Crippen LogP contribution in [-0.2, 0) is 33.2 Å². The number of hydrogen-bond donors (Lipinski definition) is 3. The van der Waals surface area contributed by atoms with Gasteiger partial charge in [0.2, 0.25) is 0 Å². The van der Waals surface area contributed by atoms with Crippen molar-refractivity contribution in [3.63, 3.8) is 0 Å². The molecule has 0 aliphatic heterocycles. The fourth-order valence-electron chi connectivity index (χ4n) is 3.50. The van der Waals surface area contributed by atoms with Crippen LogP contribution in [0.25, 0.3) is 5.57 Å². The number of ketones is 1. The van der Waals surface area contributed by atoms with Crippen LogP contribution < -0.4 is 13.9 Å². The molecule has 1 aliphatic rings. The van der Waals surface area contributed by atoms with E-state index in [1.54, 1.807) is 5.48 Å². The molecule has 0 fully saturated rings. The third-order valence-electron chi connectivity index (χ3n) is 5.84. The molecular weight excluding hydrogens is 652 g/mol. The Hall–Kier alpha value is -1.75. The van der Waals surface area contributed by atoms with Crippen LogP contribution in [0.3, 0.4) is 0 Å². The van der Waals surface area contributed by atoms with Crippen LogP contribution >= 0.6 is 30.7 Å². The molecule has 0 aromatic heterocycles. The van der Waals surface area contributed by atoms with E-state index >= 15 is 0 Å². The van der Waals surface area contributed by atoms with Gasteiger partial charge in [0, 0.05) is 52.2 Å². The number of rotatable bonds is 13. The molecule has 0 heterocycles. The molecule has 206 valence electrons. The van der Waals surface area contributed by atoms with Gasteiger partial charge in [0.1, 0.15) is 22.1 Å². The highest BCUT2D eigenvalue weighted by Crippen LogP contribution is 2.41. The SMILES string of the molecule is COc1ccc(C2=CC(=O)[C@@H](CCCCC(C)(C(=O)NOP(=O)(O)ONI)S(C)(=O)=O)C=C2F)c(F)c1. The summed E-state index contributed by atoms with van der Waals surface area (Å²) < 4.78 is 78.5. The van der Waals surface area contributed by atoms with Gasteiger partial charge in [-0.1, -0.05) is 12.8 Å². The minimum Gasteiger partial charge on any atom is -0.497 e. The Kier molecular flexibility index (Phi) is 10.9. The van der Waals surface area contributed by atoms with Gasteiger partial charge in [-0.05, 0) is 44.1 Å². The first-order chi connectivity index (χ1) is 17.1. The second-order valence-electron chi connectivity index (χ2n) is 8.34. The number of benzene rings is 1. The molecule has 1 aromatic rings. The monoisotopic (exact) mass is 678 g/mol. The van der Waals surface area contributed by atoms with E-state index in [-0.39, 0.29) is 42.6 Å². The first-order valence-corrected chi connectivity index (χ1v) is 15.1. The summed E-state index contributed by atoms with van der Waals surface area (Å²) in [5, 5.41) is 0. The molecule has 37 heavy (non-hydrogen) atoms. The Morgan fingerprint density at radius 1 is 1.27 bits per heavy atom. The van der Waals surface area contributed by atoms with Crippen molar-refractivity contribution in [2.75, 3.05) is 13.4 Å². The third-order valence-corrected chi connectivity index (χ3v) is 9.08. The molecule has 0 bridgehead atoms. The van der Waals surface area contributed by atoms with Gasteiger partial charge >= 0.3 is 7.82 Å². The largest absolute Gasteiger partial charge is 0.511 e. The van der Waals surface area contributed by atoms with Crippen molar-refractivity contribution in [2.24, 2.45) is 5.92 Å². The molecular formula is C21H26F2IN2O9PS. The lowest BCUT2D eigenvalue weighted by Gasteiger charge is -2.26. The van der Waals surface area contributed by atoms with Crippen LogP contribution in [0, 0.1) is 11.7 Å². The van der Waals surface area contributed by atoms with Crippen molar-refractivity contribution in [3.8, 4) is 5.75 Å². The van der Waals surface area contributed by atoms with E-state index in [0.717, 1.165) is 31.4 Å². The number of hydrogen-bond acceptors (Lipinski definition) is 9. The summed E-state index contributed by atoms with van der Waals surface area (Å²) in [6.45, 7) is 1.12. The van der Waals surface area contributed by atoms with Crippen LogP contribution in [0.2, 0.25) is 0 Å². The van der Waals surface area contributed by atoms with Crippen LogP contribution in [0.5, 0.6) is 5.75 Å². The van der Waals surface area contributed by atoms with E-state index < -0.39 is 51.7 Å². The Morgan fingerprint density at radius 2 is 1.95 bits per heavy atom. The van der Waals surface area contributed by atoms with Gasteiger partial charge < -0.3 is 9.63 Å². The first-order valence-electron chi connectivity index (χ1n) is 10.7. The second-order valence-corrected chi connectivity index (χ2v) is 12.5. The van der Waals surface area contributed by atoms with Crippen LogP contribution in [0.15, 0.2) is 36.2 Å². The molecule has 3 atom stereocenters. The highest BCUT2D eigenvalue weighted by Gasteiger charge is 2.44. The fraction of sp³-hybridized carbons (Fsp3) is 0.429. The van der Waals surface area contributed by atoms with Gasteiger partial charge in [-0.3, -0.25) is 9.59 Å². The zero-order valence-electron chi connectivity index (χ0n) is 20.0. The molecule has 1 aromatic carbocycles. The molecule has 2 unspecified atom stereocenters. The summed E-state index contributed by atoms with van der Waals surface area (Å²) >= 11 is 1.38. The molecule has 0 saturated heterocycles. The summed E-state index contributed by atoms with van der Waals surface area (Å²) in [6, 6.07) is 3.82. The zero-order chi connectivity index (χ0) is 28.0.